The van der Waals surface area contributed by atoms with Gasteiger partial charge in [0, 0.05) is 12.1 Å². The number of rotatable bonds is 3. The summed E-state index contributed by atoms with van der Waals surface area (Å²) in [4.78, 5) is 38.5. The van der Waals surface area contributed by atoms with Crippen molar-refractivity contribution in [1.29, 1.82) is 0 Å². The first kappa shape index (κ1) is 14.6. The number of hydrogen-bond acceptors (Lipinski definition) is 5. The largest absolute Gasteiger partial charge is 0.292 e. The molecule has 116 valence electrons. The Morgan fingerprint density at radius 3 is 2.55 bits per heavy atom. The molecule has 0 bridgehead atoms. The van der Waals surface area contributed by atoms with Crippen LogP contribution in [0, 0.1) is 17.0 Å². The van der Waals surface area contributed by atoms with Crippen molar-refractivity contribution in [2.75, 3.05) is 18.0 Å². The molecule has 7 heteroatoms. The highest BCUT2D eigenvalue weighted by Crippen LogP contribution is 2.32. The van der Waals surface area contributed by atoms with Gasteiger partial charge in [0.25, 0.3) is 11.6 Å². The van der Waals surface area contributed by atoms with Crippen molar-refractivity contribution in [3.63, 3.8) is 0 Å². The number of aryl methyl sites for hydroxylation is 1. The molecule has 1 aromatic rings. The molecular weight excluding hydrogens is 286 g/mol. The van der Waals surface area contributed by atoms with Gasteiger partial charge >= 0.3 is 0 Å². The van der Waals surface area contributed by atoms with E-state index in [0.29, 0.717) is 11.3 Å². The summed E-state index contributed by atoms with van der Waals surface area (Å²) in [6.07, 6.45) is 2.22. The second-order valence-electron chi connectivity index (χ2n) is 5.76. The number of amides is 2. The molecule has 2 fully saturated rings. The summed E-state index contributed by atoms with van der Waals surface area (Å²) >= 11 is 0. The maximum absolute atomic E-state index is 12.6. The number of nitro groups is 1. The minimum Gasteiger partial charge on any atom is -0.292 e. The Bertz CT molecular complexity index is 652. The third-order valence-corrected chi connectivity index (χ3v) is 4.35. The number of nitrogens with zero attached hydrogens (tertiary/aromatic N) is 3. The van der Waals surface area contributed by atoms with Crippen LogP contribution >= 0.6 is 0 Å². The van der Waals surface area contributed by atoms with Crippen LogP contribution in [0.2, 0.25) is 0 Å². The molecule has 0 spiro atoms. The van der Waals surface area contributed by atoms with Crippen LogP contribution in [0.4, 0.5) is 11.4 Å². The monoisotopic (exact) mass is 303 g/mol. The van der Waals surface area contributed by atoms with E-state index in [1.807, 2.05) is 4.90 Å². The smallest absolute Gasteiger partial charge is 0.271 e. The molecule has 2 amide bonds. The second-order valence-corrected chi connectivity index (χ2v) is 5.76. The van der Waals surface area contributed by atoms with Gasteiger partial charge in [0.15, 0.2) is 0 Å². The molecule has 2 aliphatic heterocycles. The van der Waals surface area contributed by atoms with Crippen molar-refractivity contribution < 1.29 is 14.5 Å². The number of carbonyl (C=O) groups excluding carboxylic acids is 2. The molecule has 2 saturated heterocycles. The second kappa shape index (κ2) is 5.49. The minimum atomic E-state index is -0.522. The van der Waals surface area contributed by atoms with Crippen LogP contribution in [0.5, 0.6) is 0 Å². The van der Waals surface area contributed by atoms with E-state index < -0.39 is 11.0 Å². The average Bonchev–Trinajstić information content (AvgIpc) is 3.08. The summed E-state index contributed by atoms with van der Waals surface area (Å²) in [6.45, 7) is 3.39. The van der Waals surface area contributed by atoms with E-state index in [-0.39, 0.29) is 23.9 Å². The van der Waals surface area contributed by atoms with Gasteiger partial charge in [0.05, 0.1) is 23.1 Å². The van der Waals surface area contributed by atoms with Gasteiger partial charge in [-0.3, -0.25) is 24.6 Å². The number of nitro benzene ring substituents is 1. The predicted octanol–water partition coefficient (Wildman–Crippen LogP) is 1.63. The molecule has 1 unspecified atom stereocenters. The Labute approximate surface area is 127 Å². The lowest BCUT2D eigenvalue weighted by Crippen LogP contribution is -2.40. The lowest BCUT2D eigenvalue weighted by atomic mass is 10.1. The van der Waals surface area contributed by atoms with Gasteiger partial charge in [-0.15, -0.1) is 0 Å². The normalized spacial score (nSPS) is 22.6. The summed E-state index contributed by atoms with van der Waals surface area (Å²) in [7, 11) is 0. The number of hydrogen-bond donors (Lipinski definition) is 0. The lowest BCUT2D eigenvalue weighted by molar-refractivity contribution is -0.384. The Morgan fingerprint density at radius 1 is 1.23 bits per heavy atom. The number of benzene rings is 1. The fourth-order valence-electron chi connectivity index (χ4n) is 3.16. The average molecular weight is 303 g/mol. The quantitative estimate of drug-likeness (QED) is 0.481. The van der Waals surface area contributed by atoms with Crippen molar-refractivity contribution in [3.05, 3.63) is 33.9 Å². The van der Waals surface area contributed by atoms with Gasteiger partial charge in [0.2, 0.25) is 5.91 Å². The summed E-state index contributed by atoms with van der Waals surface area (Å²) < 4.78 is 0. The molecule has 3 rings (SSSR count). The van der Waals surface area contributed by atoms with Crippen molar-refractivity contribution >= 4 is 23.2 Å². The molecule has 0 radical (unpaired) electrons. The van der Waals surface area contributed by atoms with E-state index >= 15 is 0 Å². The van der Waals surface area contributed by atoms with Crippen molar-refractivity contribution in [1.82, 2.24) is 4.90 Å². The molecule has 1 atom stereocenters. The van der Waals surface area contributed by atoms with Crippen LogP contribution in [-0.4, -0.2) is 40.8 Å². The molecule has 22 heavy (non-hydrogen) atoms. The molecular formula is C15H17N3O4. The van der Waals surface area contributed by atoms with E-state index in [9.17, 15) is 19.7 Å². The van der Waals surface area contributed by atoms with E-state index in [0.717, 1.165) is 30.8 Å². The zero-order valence-electron chi connectivity index (χ0n) is 12.3. The first-order valence-corrected chi connectivity index (χ1v) is 7.35. The zero-order valence-corrected chi connectivity index (χ0v) is 12.3. The Kier molecular flexibility index (Phi) is 3.66. The predicted molar refractivity (Wildman–Crippen MR) is 79.5 cm³/mol. The number of likely N-dealkylation sites (tertiary alicyclic amines) is 1. The fourth-order valence-corrected chi connectivity index (χ4v) is 3.16. The molecule has 0 aromatic heterocycles. The maximum Gasteiger partial charge on any atom is 0.271 e. The SMILES string of the molecule is Cc1ccc([N+](=O)[O-])cc1N1C(=O)CC(N2CCCC2)C1=O. The summed E-state index contributed by atoms with van der Waals surface area (Å²) in [5, 5.41) is 10.9. The van der Waals surface area contributed by atoms with E-state index in [1.165, 1.54) is 12.1 Å². The highest BCUT2D eigenvalue weighted by molar-refractivity contribution is 6.22. The minimum absolute atomic E-state index is 0.120. The molecule has 2 heterocycles. The van der Waals surface area contributed by atoms with Crippen LogP contribution in [0.1, 0.15) is 24.8 Å². The van der Waals surface area contributed by atoms with Gasteiger partial charge in [-0.2, -0.15) is 0 Å². The highest BCUT2D eigenvalue weighted by Gasteiger charge is 2.43. The molecule has 0 N–H and O–H groups in total. The Hall–Kier alpha value is -2.28. The zero-order chi connectivity index (χ0) is 15.9. The van der Waals surface area contributed by atoms with Gasteiger partial charge in [0.1, 0.15) is 0 Å². The fraction of sp³-hybridized carbons (Fsp3) is 0.467. The van der Waals surface area contributed by atoms with Crippen LogP contribution in [0.15, 0.2) is 18.2 Å². The van der Waals surface area contributed by atoms with Crippen LogP contribution < -0.4 is 4.90 Å². The molecule has 7 nitrogen and oxygen atoms in total. The van der Waals surface area contributed by atoms with Crippen molar-refractivity contribution in [2.24, 2.45) is 0 Å². The topological polar surface area (TPSA) is 83.8 Å². The Balaban J connectivity index is 1.94. The summed E-state index contributed by atoms with van der Waals surface area (Å²) in [5.41, 5.74) is 0.881. The van der Waals surface area contributed by atoms with E-state index in [2.05, 4.69) is 0 Å². The first-order valence-electron chi connectivity index (χ1n) is 7.35. The first-order chi connectivity index (χ1) is 10.5. The molecule has 2 aliphatic rings. The Morgan fingerprint density at radius 2 is 1.91 bits per heavy atom. The third kappa shape index (κ3) is 2.37. The van der Waals surface area contributed by atoms with Gasteiger partial charge in [-0.1, -0.05) is 6.07 Å². The van der Waals surface area contributed by atoms with E-state index in [1.54, 1.807) is 13.0 Å². The maximum atomic E-state index is 12.6. The molecule has 1 aromatic carbocycles. The lowest BCUT2D eigenvalue weighted by Gasteiger charge is -2.22. The van der Waals surface area contributed by atoms with Gasteiger partial charge in [-0.25, -0.2) is 4.90 Å². The number of non-ortho nitro benzene ring substituents is 1. The number of imide groups is 1. The van der Waals surface area contributed by atoms with E-state index in [4.69, 9.17) is 0 Å². The van der Waals surface area contributed by atoms with Crippen molar-refractivity contribution in [3.8, 4) is 0 Å². The number of carbonyl (C=O) groups is 2. The van der Waals surface area contributed by atoms with Crippen LogP contribution in [0.25, 0.3) is 0 Å². The highest BCUT2D eigenvalue weighted by atomic mass is 16.6. The van der Waals surface area contributed by atoms with Crippen LogP contribution in [-0.2, 0) is 9.59 Å². The van der Waals surface area contributed by atoms with Crippen molar-refractivity contribution in [2.45, 2.75) is 32.2 Å². The molecule has 0 aliphatic carbocycles. The van der Waals surface area contributed by atoms with Crippen LogP contribution in [0.3, 0.4) is 0 Å². The third-order valence-electron chi connectivity index (χ3n) is 4.35. The standard InChI is InChI=1S/C15H17N3O4/c1-10-4-5-11(18(21)22)8-12(10)17-14(19)9-13(15(17)20)16-6-2-3-7-16/h4-5,8,13H,2-3,6-7,9H2,1H3. The summed E-state index contributed by atoms with van der Waals surface area (Å²) in [6, 6.07) is 3.82. The van der Waals surface area contributed by atoms with Gasteiger partial charge in [-0.05, 0) is 38.4 Å². The molecule has 0 saturated carbocycles. The van der Waals surface area contributed by atoms with Gasteiger partial charge < -0.3 is 0 Å². The summed E-state index contributed by atoms with van der Waals surface area (Å²) in [5.74, 6) is -0.555. The number of anilines is 1.